The largest absolute Gasteiger partial charge is 0.457 e. The highest BCUT2D eigenvalue weighted by Gasteiger charge is 2.04. The highest BCUT2D eigenvalue weighted by atomic mass is 16.5. The van der Waals surface area contributed by atoms with Crippen LogP contribution in [0.25, 0.3) is 0 Å². The molecule has 0 fully saturated rings. The maximum Gasteiger partial charge on any atom is 0.131 e. The molecule has 6 nitrogen and oxygen atoms in total. The molecule has 0 aliphatic carbocycles. The number of benzene rings is 3. The van der Waals surface area contributed by atoms with Gasteiger partial charge in [-0.05, 0) is 24.3 Å². The summed E-state index contributed by atoms with van der Waals surface area (Å²) in [7, 11) is 0. The zero-order chi connectivity index (χ0) is 17.1. The number of hydrogen-bond donors (Lipinski definition) is 4. The van der Waals surface area contributed by atoms with Crippen LogP contribution in [0.1, 0.15) is 0 Å². The molecule has 0 aliphatic rings. The average Bonchev–Trinajstić information content (AvgIpc) is 2.45. The Morgan fingerprint density at radius 2 is 0.833 bits per heavy atom. The van der Waals surface area contributed by atoms with Gasteiger partial charge in [0.2, 0.25) is 0 Å². The monoisotopic (exact) mass is 322 g/mol. The predicted octanol–water partition coefficient (Wildman–Crippen LogP) is 3.60. The van der Waals surface area contributed by atoms with Crippen LogP contribution in [0.5, 0.6) is 23.0 Å². The second-order valence-corrected chi connectivity index (χ2v) is 5.35. The number of hydrogen-bond acceptors (Lipinski definition) is 6. The zero-order valence-electron chi connectivity index (χ0n) is 12.9. The van der Waals surface area contributed by atoms with Crippen molar-refractivity contribution in [2.45, 2.75) is 0 Å². The molecule has 0 heterocycles. The summed E-state index contributed by atoms with van der Waals surface area (Å²) in [6, 6.07) is 17.3. The summed E-state index contributed by atoms with van der Waals surface area (Å²) in [5.41, 5.74) is 25.2. The van der Waals surface area contributed by atoms with E-state index in [1.165, 1.54) is 0 Å². The number of nitrogen functional groups attached to an aromatic ring is 4. The summed E-state index contributed by atoms with van der Waals surface area (Å²) >= 11 is 0. The van der Waals surface area contributed by atoms with Crippen LogP contribution in [0, 0.1) is 0 Å². The Bertz CT molecular complexity index is 771. The van der Waals surface area contributed by atoms with Crippen LogP contribution in [-0.2, 0) is 0 Å². The van der Waals surface area contributed by atoms with E-state index in [2.05, 4.69) is 0 Å². The van der Waals surface area contributed by atoms with Gasteiger partial charge in [-0.25, -0.2) is 0 Å². The van der Waals surface area contributed by atoms with Crippen molar-refractivity contribution < 1.29 is 9.47 Å². The molecule has 3 aromatic rings. The van der Waals surface area contributed by atoms with Gasteiger partial charge in [-0.15, -0.1) is 0 Å². The van der Waals surface area contributed by atoms with E-state index < -0.39 is 0 Å². The maximum absolute atomic E-state index is 5.78. The lowest BCUT2D eigenvalue weighted by Gasteiger charge is -2.11. The standard InChI is InChI=1S/C18H18N4O2/c19-11-4-12(20)7-17(6-11)23-15-2-1-3-16(10-15)24-18-8-13(21)5-14(22)9-18/h1-10H,19-22H2. The summed E-state index contributed by atoms with van der Waals surface area (Å²) in [5.74, 6) is 2.29. The Hall–Kier alpha value is -3.54. The Balaban J connectivity index is 1.81. The van der Waals surface area contributed by atoms with Gasteiger partial charge in [0.1, 0.15) is 23.0 Å². The molecule has 0 spiro atoms. The van der Waals surface area contributed by atoms with Crippen molar-refractivity contribution in [1.82, 2.24) is 0 Å². The highest BCUT2D eigenvalue weighted by molar-refractivity contribution is 5.58. The first-order valence-electron chi connectivity index (χ1n) is 7.26. The Labute approximate surface area is 139 Å². The van der Waals surface area contributed by atoms with Gasteiger partial charge in [-0.3, -0.25) is 0 Å². The van der Waals surface area contributed by atoms with E-state index >= 15 is 0 Å². The second kappa shape index (κ2) is 6.29. The molecule has 6 heteroatoms. The first-order valence-corrected chi connectivity index (χ1v) is 7.26. The van der Waals surface area contributed by atoms with E-state index in [1.54, 1.807) is 54.6 Å². The van der Waals surface area contributed by atoms with Gasteiger partial charge in [0.05, 0.1) is 0 Å². The second-order valence-electron chi connectivity index (χ2n) is 5.35. The predicted molar refractivity (Wildman–Crippen MR) is 97.1 cm³/mol. The lowest BCUT2D eigenvalue weighted by molar-refractivity contribution is 0.461. The molecule has 122 valence electrons. The fourth-order valence-electron chi connectivity index (χ4n) is 2.28. The van der Waals surface area contributed by atoms with Gasteiger partial charge in [0.15, 0.2) is 0 Å². The third-order valence-corrected chi connectivity index (χ3v) is 3.18. The molecule has 3 aromatic carbocycles. The summed E-state index contributed by atoms with van der Waals surface area (Å²) in [5, 5.41) is 0. The van der Waals surface area contributed by atoms with Gasteiger partial charge in [-0.1, -0.05) is 6.07 Å². The summed E-state index contributed by atoms with van der Waals surface area (Å²) in [6.45, 7) is 0. The van der Waals surface area contributed by atoms with Crippen molar-refractivity contribution in [3.8, 4) is 23.0 Å². The molecule has 0 aromatic heterocycles. The SMILES string of the molecule is Nc1cc(N)cc(Oc2cccc(Oc3cc(N)cc(N)c3)c2)c1. The Morgan fingerprint density at radius 1 is 0.458 bits per heavy atom. The van der Waals surface area contributed by atoms with Gasteiger partial charge in [-0.2, -0.15) is 0 Å². The summed E-state index contributed by atoms with van der Waals surface area (Å²) < 4.78 is 11.6. The lowest BCUT2D eigenvalue weighted by Crippen LogP contribution is -1.93. The van der Waals surface area contributed by atoms with Crippen LogP contribution in [0.4, 0.5) is 22.7 Å². The number of nitrogens with two attached hydrogens (primary N) is 4. The molecular weight excluding hydrogens is 304 g/mol. The Morgan fingerprint density at radius 3 is 1.21 bits per heavy atom. The third-order valence-electron chi connectivity index (χ3n) is 3.18. The van der Waals surface area contributed by atoms with Crippen LogP contribution < -0.4 is 32.4 Å². The van der Waals surface area contributed by atoms with Crippen LogP contribution in [0.2, 0.25) is 0 Å². The third kappa shape index (κ3) is 3.80. The quantitative estimate of drug-likeness (QED) is 0.544. The molecule has 0 bridgehead atoms. The van der Waals surface area contributed by atoms with E-state index in [1.807, 2.05) is 6.07 Å². The topological polar surface area (TPSA) is 123 Å². The minimum absolute atomic E-state index is 0.535. The van der Waals surface area contributed by atoms with Crippen LogP contribution in [-0.4, -0.2) is 0 Å². The smallest absolute Gasteiger partial charge is 0.131 e. The summed E-state index contributed by atoms with van der Waals surface area (Å²) in [4.78, 5) is 0. The molecule has 3 rings (SSSR count). The Kier molecular flexibility index (Phi) is 4.03. The van der Waals surface area contributed by atoms with Crippen molar-refractivity contribution in [2.24, 2.45) is 0 Å². The van der Waals surface area contributed by atoms with E-state index in [0.29, 0.717) is 45.7 Å². The van der Waals surface area contributed by atoms with Crippen molar-refractivity contribution in [2.75, 3.05) is 22.9 Å². The molecule has 8 N–H and O–H groups in total. The molecule has 0 saturated carbocycles. The van der Waals surface area contributed by atoms with E-state index in [4.69, 9.17) is 32.4 Å². The first-order chi connectivity index (χ1) is 11.5. The molecule has 0 amide bonds. The number of ether oxygens (including phenoxy) is 2. The van der Waals surface area contributed by atoms with Crippen molar-refractivity contribution in [1.29, 1.82) is 0 Å². The van der Waals surface area contributed by atoms with Gasteiger partial charge in [0.25, 0.3) is 0 Å². The van der Waals surface area contributed by atoms with Gasteiger partial charge in [0, 0.05) is 53.1 Å². The average molecular weight is 322 g/mol. The minimum atomic E-state index is 0.535. The molecule has 24 heavy (non-hydrogen) atoms. The lowest BCUT2D eigenvalue weighted by atomic mass is 10.2. The van der Waals surface area contributed by atoms with Crippen LogP contribution >= 0.6 is 0 Å². The molecular formula is C18H18N4O2. The molecule has 0 radical (unpaired) electrons. The molecule has 0 saturated heterocycles. The maximum atomic E-state index is 5.78. The summed E-state index contributed by atoms with van der Waals surface area (Å²) in [6.07, 6.45) is 0. The fraction of sp³-hybridized carbons (Fsp3) is 0. The van der Waals surface area contributed by atoms with Crippen LogP contribution in [0.3, 0.4) is 0 Å². The van der Waals surface area contributed by atoms with Crippen molar-refractivity contribution in [3.63, 3.8) is 0 Å². The number of rotatable bonds is 4. The fourth-order valence-corrected chi connectivity index (χ4v) is 2.28. The van der Waals surface area contributed by atoms with Gasteiger partial charge >= 0.3 is 0 Å². The molecule has 0 atom stereocenters. The number of anilines is 4. The normalized spacial score (nSPS) is 10.3. The van der Waals surface area contributed by atoms with Gasteiger partial charge < -0.3 is 32.4 Å². The van der Waals surface area contributed by atoms with E-state index in [-0.39, 0.29) is 0 Å². The van der Waals surface area contributed by atoms with Crippen molar-refractivity contribution in [3.05, 3.63) is 60.7 Å². The highest BCUT2D eigenvalue weighted by Crippen LogP contribution is 2.31. The first kappa shape index (κ1) is 15.4. The minimum Gasteiger partial charge on any atom is -0.457 e. The van der Waals surface area contributed by atoms with E-state index in [9.17, 15) is 0 Å². The molecule has 0 aliphatic heterocycles. The van der Waals surface area contributed by atoms with E-state index in [0.717, 1.165) is 0 Å². The zero-order valence-corrected chi connectivity index (χ0v) is 12.9. The van der Waals surface area contributed by atoms with Crippen molar-refractivity contribution >= 4 is 22.7 Å². The molecule has 0 unspecified atom stereocenters. The van der Waals surface area contributed by atoms with Crippen LogP contribution in [0.15, 0.2) is 60.7 Å².